The highest BCUT2D eigenvalue weighted by Gasteiger charge is 2.13. The van der Waals surface area contributed by atoms with E-state index in [9.17, 15) is 4.79 Å². The average molecular weight is 259 g/mol. The molecule has 0 spiro atoms. The van der Waals surface area contributed by atoms with Crippen molar-refractivity contribution in [2.24, 2.45) is 0 Å². The molecule has 4 nitrogen and oxygen atoms in total. The minimum atomic E-state index is -0.903. The van der Waals surface area contributed by atoms with Gasteiger partial charge in [0.15, 0.2) is 0 Å². The molecule has 1 heterocycles. The molecule has 0 unspecified atom stereocenters. The zero-order valence-electron chi connectivity index (χ0n) is 7.91. The van der Waals surface area contributed by atoms with Crippen LogP contribution in [0.15, 0.2) is 16.7 Å². The van der Waals surface area contributed by atoms with Crippen molar-refractivity contribution < 1.29 is 9.90 Å². The number of hydrogen-bond donors (Lipinski definition) is 2. The molecule has 0 bridgehead atoms. The SMILES string of the molecule is Cc1ccnc(N[C@H](C)C(=O)O)c1Br. The second-order valence-electron chi connectivity index (χ2n) is 2.99. The predicted molar refractivity (Wildman–Crippen MR) is 57.4 cm³/mol. The third-order valence-electron chi connectivity index (χ3n) is 1.81. The van der Waals surface area contributed by atoms with Crippen molar-refractivity contribution >= 4 is 27.7 Å². The van der Waals surface area contributed by atoms with E-state index >= 15 is 0 Å². The predicted octanol–water partition coefficient (Wildman–Crippen LogP) is 2.04. The lowest BCUT2D eigenvalue weighted by Gasteiger charge is -2.12. The van der Waals surface area contributed by atoms with Gasteiger partial charge in [0, 0.05) is 6.20 Å². The number of nitrogens with zero attached hydrogens (tertiary/aromatic N) is 1. The number of halogens is 1. The van der Waals surface area contributed by atoms with Crippen LogP contribution in [0.1, 0.15) is 12.5 Å². The van der Waals surface area contributed by atoms with Crippen molar-refractivity contribution in [2.45, 2.75) is 19.9 Å². The quantitative estimate of drug-likeness (QED) is 0.871. The third kappa shape index (κ3) is 2.45. The zero-order chi connectivity index (χ0) is 10.7. The lowest BCUT2D eigenvalue weighted by molar-refractivity contribution is -0.137. The first-order chi connectivity index (χ1) is 6.52. The number of carboxylic acids is 1. The van der Waals surface area contributed by atoms with Gasteiger partial charge in [-0.1, -0.05) is 0 Å². The van der Waals surface area contributed by atoms with E-state index in [0.717, 1.165) is 10.0 Å². The first-order valence-corrected chi connectivity index (χ1v) is 4.92. The van der Waals surface area contributed by atoms with E-state index in [2.05, 4.69) is 26.2 Å². The molecule has 0 aliphatic carbocycles. The Hall–Kier alpha value is -1.10. The minimum absolute atomic E-state index is 0.555. The molecule has 0 saturated carbocycles. The Kier molecular flexibility index (Phi) is 3.46. The molecule has 1 aromatic heterocycles. The van der Waals surface area contributed by atoms with Gasteiger partial charge in [0.1, 0.15) is 11.9 Å². The maximum Gasteiger partial charge on any atom is 0.325 e. The zero-order valence-corrected chi connectivity index (χ0v) is 9.50. The molecule has 76 valence electrons. The summed E-state index contributed by atoms with van der Waals surface area (Å²) in [4.78, 5) is 14.6. The molecule has 0 saturated heterocycles. The standard InChI is InChI=1S/C9H11BrN2O2/c1-5-3-4-11-8(7(5)10)12-6(2)9(13)14/h3-4,6H,1-2H3,(H,11,12)(H,13,14)/t6-/m1/s1. The number of carbonyl (C=O) groups is 1. The molecule has 1 rings (SSSR count). The van der Waals surface area contributed by atoms with Crippen molar-refractivity contribution in [2.75, 3.05) is 5.32 Å². The number of carboxylic acid groups (broad SMARTS) is 1. The van der Waals surface area contributed by atoms with Crippen LogP contribution in [0, 0.1) is 6.92 Å². The second-order valence-corrected chi connectivity index (χ2v) is 3.79. The first-order valence-electron chi connectivity index (χ1n) is 4.13. The Labute approximate surface area is 90.5 Å². The monoisotopic (exact) mass is 258 g/mol. The van der Waals surface area contributed by atoms with E-state index < -0.39 is 12.0 Å². The molecular weight excluding hydrogens is 248 g/mol. The summed E-state index contributed by atoms with van der Waals surface area (Å²) in [6.45, 7) is 3.49. The van der Waals surface area contributed by atoms with Crippen molar-refractivity contribution in [3.05, 3.63) is 22.3 Å². The van der Waals surface area contributed by atoms with Gasteiger partial charge in [-0.3, -0.25) is 4.79 Å². The number of nitrogens with one attached hydrogen (secondary N) is 1. The lowest BCUT2D eigenvalue weighted by atomic mass is 10.3. The molecule has 0 aliphatic heterocycles. The Morgan fingerprint density at radius 1 is 1.71 bits per heavy atom. The summed E-state index contributed by atoms with van der Waals surface area (Å²) < 4.78 is 0.799. The molecule has 2 N–H and O–H groups in total. The molecule has 1 aromatic rings. The third-order valence-corrected chi connectivity index (χ3v) is 2.81. The highest BCUT2D eigenvalue weighted by atomic mass is 79.9. The summed E-state index contributed by atoms with van der Waals surface area (Å²) in [5.41, 5.74) is 1.01. The number of rotatable bonds is 3. The smallest absolute Gasteiger partial charge is 0.325 e. The Balaban J connectivity index is 2.87. The summed E-state index contributed by atoms with van der Waals surface area (Å²) in [7, 11) is 0. The van der Waals surface area contributed by atoms with Gasteiger partial charge >= 0.3 is 5.97 Å². The van der Waals surface area contributed by atoms with Gasteiger partial charge in [-0.25, -0.2) is 4.98 Å². The van der Waals surface area contributed by atoms with E-state index in [4.69, 9.17) is 5.11 Å². The highest BCUT2D eigenvalue weighted by Crippen LogP contribution is 2.23. The Morgan fingerprint density at radius 2 is 2.36 bits per heavy atom. The maximum atomic E-state index is 10.6. The molecule has 5 heteroatoms. The van der Waals surface area contributed by atoms with Crippen molar-refractivity contribution in [3.8, 4) is 0 Å². The molecule has 0 aromatic carbocycles. The van der Waals surface area contributed by atoms with Crippen LogP contribution in [0.4, 0.5) is 5.82 Å². The Bertz CT molecular complexity index is 355. The minimum Gasteiger partial charge on any atom is -0.480 e. The van der Waals surface area contributed by atoms with E-state index in [-0.39, 0.29) is 0 Å². The molecule has 0 fully saturated rings. The van der Waals surface area contributed by atoms with Crippen LogP contribution in [-0.2, 0) is 4.79 Å². The first kappa shape index (κ1) is 11.0. The van der Waals surface area contributed by atoms with Crippen LogP contribution in [-0.4, -0.2) is 22.1 Å². The summed E-state index contributed by atoms with van der Waals surface area (Å²) in [5.74, 6) is -0.347. The Morgan fingerprint density at radius 3 is 2.93 bits per heavy atom. The fourth-order valence-electron chi connectivity index (χ4n) is 0.908. The fourth-order valence-corrected chi connectivity index (χ4v) is 1.26. The van der Waals surface area contributed by atoms with Gasteiger partial charge in [0.2, 0.25) is 0 Å². The van der Waals surface area contributed by atoms with Gasteiger partial charge < -0.3 is 10.4 Å². The summed E-state index contributed by atoms with van der Waals surface area (Å²) in [6, 6.07) is 1.20. The molecule has 0 radical (unpaired) electrons. The van der Waals surface area contributed by atoms with Crippen molar-refractivity contribution in [1.29, 1.82) is 0 Å². The van der Waals surface area contributed by atoms with Crippen LogP contribution in [0.2, 0.25) is 0 Å². The van der Waals surface area contributed by atoms with Crippen molar-refractivity contribution in [1.82, 2.24) is 4.98 Å². The summed E-state index contributed by atoms with van der Waals surface area (Å²) in [6.07, 6.45) is 1.64. The van der Waals surface area contributed by atoms with Gasteiger partial charge in [0.25, 0.3) is 0 Å². The normalized spacial score (nSPS) is 12.2. The van der Waals surface area contributed by atoms with Gasteiger partial charge in [-0.15, -0.1) is 0 Å². The van der Waals surface area contributed by atoms with Crippen LogP contribution in [0.5, 0.6) is 0 Å². The number of pyridine rings is 1. The van der Waals surface area contributed by atoms with E-state index in [0.29, 0.717) is 5.82 Å². The van der Waals surface area contributed by atoms with Crippen LogP contribution >= 0.6 is 15.9 Å². The topological polar surface area (TPSA) is 62.2 Å². The van der Waals surface area contributed by atoms with Gasteiger partial charge in [-0.05, 0) is 41.4 Å². The lowest BCUT2D eigenvalue weighted by Crippen LogP contribution is -2.26. The number of aryl methyl sites for hydroxylation is 1. The molecule has 0 aliphatic rings. The molecule has 14 heavy (non-hydrogen) atoms. The fraction of sp³-hybridized carbons (Fsp3) is 0.333. The molecule has 1 atom stereocenters. The van der Waals surface area contributed by atoms with E-state index in [1.807, 2.05) is 13.0 Å². The highest BCUT2D eigenvalue weighted by molar-refractivity contribution is 9.10. The number of aliphatic carboxylic acids is 1. The second kappa shape index (κ2) is 4.41. The molecule has 0 amide bonds. The average Bonchev–Trinajstić information content (AvgIpc) is 2.12. The summed E-state index contributed by atoms with van der Waals surface area (Å²) >= 11 is 3.34. The van der Waals surface area contributed by atoms with Crippen LogP contribution in [0.25, 0.3) is 0 Å². The molecular formula is C9H11BrN2O2. The number of anilines is 1. The van der Waals surface area contributed by atoms with E-state index in [1.165, 1.54) is 0 Å². The van der Waals surface area contributed by atoms with E-state index in [1.54, 1.807) is 13.1 Å². The van der Waals surface area contributed by atoms with Crippen molar-refractivity contribution in [3.63, 3.8) is 0 Å². The number of hydrogen-bond acceptors (Lipinski definition) is 3. The largest absolute Gasteiger partial charge is 0.480 e. The number of aromatic nitrogens is 1. The van der Waals surface area contributed by atoms with Crippen LogP contribution < -0.4 is 5.32 Å². The maximum absolute atomic E-state index is 10.6. The van der Waals surface area contributed by atoms with Gasteiger partial charge in [0.05, 0.1) is 4.47 Å². The summed E-state index contributed by atoms with van der Waals surface area (Å²) in [5, 5.41) is 11.5. The van der Waals surface area contributed by atoms with Crippen LogP contribution in [0.3, 0.4) is 0 Å². The van der Waals surface area contributed by atoms with Gasteiger partial charge in [-0.2, -0.15) is 0 Å².